The van der Waals surface area contributed by atoms with Gasteiger partial charge in [0.25, 0.3) is 0 Å². The lowest BCUT2D eigenvalue weighted by Gasteiger charge is -2.21. The van der Waals surface area contributed by atoms with Gasteiger partial charge in [0, 0.05) is 26.6 Å². The van der Waals surface area contributed by atoms with Crippen molar-refractivity contribution in [2.75, 3.05) is 25.6 Å². The first kappa shape index (κ1) is 17.6. The van der Waals surface area contributed by atoms with Gasteiger partial charge in [-0.3, -0.25) is 4.79 Å². The van der Waals surface area contributed by atoms with E-state index in [1.165, 1.54) is 6.92 Å². The Balaban J connectivity index is 1.93. The van der Waals surface area contributed by atoms with Crippen molar-refractivity contribution in [1.82, 2.24) is 9.62 Å². The van der Waals surface area contributed by atoms with Gasteiger partial charge in [0.1, 0.15) is 0 Å². The van der Waals surface area contributed by atoms with Crippen LogP contribution in [0.15, 0.2) is 18.2 Å². The predicted molar refractivity (Wildman–Crippen MR) is 85.7 cm³/mol. The van der Waals surface area contributed by atoms with Gasteiger partial charge in [-0.1, -0.05) is 13.0 Å². The van der Waals surface area contributed by atoms with Crippen LogP contribution in [0.5, 0.6) is 11.5 Å². The Labute approximate surface area is 136 Å². The molecule has 0 atom stereocenters. The maximum Gasteiger partial charge on any atom is 0.231 e. The number of sulfonamides is 1. The molecule has 0 unspecified atom stereocenters. The van der Waals surface area contributed by atoms with Crippen LogP contribution in [0.4, 0.5) is 0 Å². The number of carbonyl (C=O) groups is 1. The van der Waals surface area contributed by atoms with Gasteiger partial charge in [-0.05, 0) is 24.1 Å². The van der Waals surface area contributed by atoms with Crippen LogP contribution in [0.2, 0.25) is 0 Å². The molecule has 7 nitrogen and oxygen atoms in total. The largest absolute Gasteiger partial charge is 0.454 e. The van der Waals surface area contributed by atoms with Gasteiger partial charge < -0.3 is 14.4 Å². The molecule has 0 fully saturated rings. The summed E-state index contributed by atoms with van der Waals surface area (Å²) in [5.41, 5.74) is 0.904. The first-order chi connectivity index (χ1) is 10.9. The molecule has 0 aromatic heterocycles. The van der Waals surface area contributed by atoms with E-state index in [4.69, 9.17) is 9.47 Å². The number of carbonyl (C=O) groups excluding carboxylic acids is 1. The Kier molecular flexibility index (Phi) is 5.84. The van der Waals surface area contributed by atoms with Crippen molar-refractivity contribution in [3.63, 3.8) is 0 Å². The molecule has 1 aliphatic rings. The zero-order chi connectivity index (χ0) is 16.9. The molecule has 1 aromatic carbocycles. The number of nitrogens with zero attached hydrogens (tertiary/aromatic N) is 1. The molecule has 8 heteroatoms. The highest BCUT2D eigenvalue weighted by Crippen LogP contribution is 2.32. The second-order valence-electron chi connectivity index (χ2n) is 5.34. The number of hydrogen-bond donors (Lipinski definition) is 1. The molecule has 1 heterocycles. The lowest BCUT2D eigenvalue weighted by Crippen LogP contribution is -2.37. The number of nitrogens with one attached hydrogen (secondary N) is 1. The summed E-state index contributed by atoms with van der Waals surface area (Å²) < 4.78 is 36.3. The Morgan fingerprint density at radius 2 is 2.04 bits per heavy atom. The fourth-order valence-corrected chi connectivity index (χ4v) is 3.37. The molecule has 2 rings (SSSR count). The summed E-state index contributed by atoms with van der Waals surface area (Å²) in [6, 6.07) is 5.50. The van der Waals surface area contributed by atoms with Crippen molar-refractivity contribution in [2.45, 2.75) is 26.8 Å². The number of amides is 1. The summed E-state index contributed by atoms with van der Waals surface area (Å²) in [7, 11) is -3.26. The molecule has 1 aromatic rings. The Morgan fingerprint density at radius 3 is 2.74 bits per heavy atom. The molecule has 0 spiro atoms. The van der Waals surface area contributed by atoms with E-state index in [0.29, 0.717) is 31.0 Å². The zero-order valence-corrected chi connectivity index (χ0v) is 14.2. The van der Waals surface area contributed by atoms with Gasteiger partial charge in [0.15, 0.2) is 11.5 Å². The van der Waals surface area contributed by atoms with Crippen molar-refractivity contribution >= 4 is 15.9 Å². The molecule has 0 bridgehead atoms. The summed E-state index contributed by atoms with van der Waals surface area (Å²) in [6.07, 6.45) is 0.558. The van der Waals surface area contributed by atoms with Crippen LogP contribution in [-0.4, -0.2) is 44.9 Å². The van der Waals surface area contributed by atoms with Crippen molar-refractivity contribution in [2.24, 2.45) is 0 Å². The minimum Gasteiger partial charge on any atom is -0.454 e. The standard InChI is InChI=1S/C15H22N2O5S/c1-3-8-23(19,20)16-6-7-17(12(2)18)10-13-4-5-14-15(9-13)22-11-21-14/h4-5,9,16H,3,6-8,10-11H2,1-2H3. The van der Waals surface area contributed by atoms with Crippen molar-refractivity contribution < 1.29 is 22.7 Å². The number of fused-ring (bicyclic) bond motifs is 1. The molecule has 1 N–H and O–H groups in total. The van der Waals surface area contributed by atoms with E-state index in [1.54, 1.807) is 17.9 Å². The average molecular weight is 342 g/mol. The summed E-state index contributed by atoms with van der Waals surface area (Å²) in [6.45, 7) is 4.38. The van der Waals surface area contributed by atoms with Crippen molar-refractivity contribution in [3.05, 3.63) is 23.8 Å². The Bertz CT molecular complexity index is 660. The summed E-state index contributed by atoms with van der Waals surface area (Å²) in [5, 5.41) is 0. The number of rotatable bonds is 8. The highest BCUT2D eigenvalue weighted by atomic mass is 32.2. The first-order valence-electron chi connectivity index (χ1n) is 7.52. The van der Waals surface area contributed by atoms with Crippen LogP contribution in [0.1, 0.15) is 25.8 Å². The third-order valence-electron chi connectivity index (χ3n) is 3.43. The molecule has 23 heavy (non-hydrogen) atoms. The molecular weight excluding hydrogens is 320 g/mol. The van der Waals surface area contributed by atoms with E-state index < -0.39 is 10.0 Å². The summed E-state index contributed by atoms with van der Waals surface area (Å²) in [4.78, 5) is 13.3. The highest BCUT2D eigenvalue weighted by molar-refractivity contribution is 7.89. The first-order valence-corrected chi connectivity index (χ1v) is 9.18. The van der Waals surface area contributed by atoms with Crippen molar-refractivity contribution in [1.29, 1.82) is 0 Å². The fraction of sp³-hybridized carbons (Fsp3) is 0.533. The highest BCUT2D eigenvalue weighted by Gasteiger charge is 2.16. The number of hydrogen-bond acceptors (Lipinski definition) is 5. The molecule has 0 saturated heterocycles. The number of benzene rings is 1. The van der Waals surface area contributed by atoms with Gasteiger partial charge in [0.2, 0.25) is 22.7 Å². The smallest absolute Gasteiger partial charge is 0.231 e. The SMILES string of the molecule is CCCS(=O)(=O)NCCN(Cc1ccc2c(c1)OCO2)C(C)=O. The molecule has 1 aliphatic heterocycles. The molecular formula is C15H22N2O5S. The van der Waals surface area contributed by atoms with Crippen LogP contribution in [0, 0.1) is 0 Å². The summed E-state index contributed by atoms with van der Waals surface area (Å²) in [5.74, 6) is 1.33. The fourth-order valence-electron chi connectivity index (χ4n) is 2.28. The van der Waals surface area contributed by atoms with Crippen LogP contribution in [-0.2, 0) is 21.4 Å². The second kappa shape index (κ2) is 7.65. The van der Waals surface area contributed by atoms with Gasteiger partial charge in [0.05, 0.1) is 5.75 Å². The average Bonchev–Trinajstić information content (AvgIpc) is 2.93. The Morgan fingerprint density at radius 1 is 1.30 bits per heavy atom. The van der Waals surface area contributed by atoms with E-state index in [2.05, 4.69) is 4.72 Å². The topological polar surface area (TPSA) is 84.9 Å². The molecule has 1 amide bonds. The maximum atomic E-state index is 11.8. The van der Waals surface area contributed by atoms with E-state index in [0.717, 1.165) is 5.56 Å². The normalized spacial score (nSPS) is 13.1. The van der Waals surface area contributed by atoms with Crippen LogP contribution >= 0.6 is 0 Å². The van der Waals surface area contributed by atoms with E-state index in [1.807, 2.05) is 12.1 Å². The van der Waals surface area contributed by atoms with Gasteiger partial charge >= 0.3 is 0 Å². The Hall–Kier alpha value is -1.80. The molecule has 128 valence electrons. The van der Waals surface area contributed by atoms with E-state index >= 15 is 0 Å². The van der Waals surface area contributed by atoms with Crippen LogP contribution in [0.3, 0.4) is 0 Å². The quantitative estimate of drug-likeness (QED) is 0.764. The van der Waals surface area contributed by atoms with E-state index in [-0.39, 0.29) is 25.0 Å². The lowest BCUT2D eigenvalue weighted by atomic mass is 10.2. The third-order valence-corrected chi connectivity index (χ3v) is 5.02. The van der Waals surface area contributed by atoms with Crippen molar-refractivity contribution in [3.8, 4) is 11.5 Å². The predicted octanol–water partition coefficient (Wildman–Crippen LogP) is 1.09. The van der Waals surface area contributed by atoms with Gasteiger partial charge in [-0.15, -0.1) is 0 Å². The zero-order valence-electron chi connectivity index (χ0n) is 13.4. The second-order valence-corrected chi connectivity index (χ2v) is 7.27. The summed E-state index contributed by atoms with van der Waals surface area (Å²) >= 11 is 0. The van der Waals surface area contributed by atoms with Crippen LogP contribution < -0.4 is 14.2 Å². The minimum atomic E-state index is -3.26. The molecule has 0 aliphatic carbocycles. The minimum absolute atomic E-state index is 0.0925. The molecule has 0 radical (unpaired) electrons. The van der Waals surface area contributed by atoms with Gasteiger partial charge in [-0.2, -0.15) is 0 Å². The lowest BCUT2D eigenvalue weighted by molar-refractivity contribution is -0.129. The van der Waals surface area contributed by atoms with E-state index in [9.17, 15) is 13.2 Å². The number of ether oxygens (including phenoxy) is 2. The maximum absolute atomic E-state index is 11.8. The van der Waals surface area contributed by atoms with Gasteiger partial charge in [-0.25, -0.2) is 13.1 Å². The molecule has 0 saturated carbocycles. The van der Waals surface area contributed by atoms with Crippen LogP contribution in [0.25, 0.3) is 0 Å². The third kappa shape index (κ3) is 5.11. The monoisotopic (exact) mass is 342 g/mol.